The van der Waals surface area contributed by atoms with E-state index in [-0.39, 0.29) is 6.42 Å². The highest BCUT2D eigenvalue weighted by atomic mass is 16.5. The van der Waals surface area contributed by atoms with Gasteiger partial charge < -0.3 is 24.4 Å². The number of benzene rings is 3. The molecule has 2 atom stereocenters. The Kier molecular flexibility index (Phi) is 6.73. The first-order chi connectivity index (χ1) is 16.4. The van der Waals surface area contributed by atoms with Crippen LogP contribution in [0.15, 0.2) is 94.1 Å². The molecule has 0 aliphatic rings. The maximum Gasteiger partial charge on any atom is 0.336 e. The number of rotatable bonds is 8. The zero-order valence-corrected chi connectivity index (χ0v) is 18.4. The summed E-state index contributed by atoms with van der Waals surface area (Å²) in [6, 6.07) is 23.6. The fraction of sp³-hybridized carbons (Fsp3) is 0.148. The molecule has 1 amide bonds. The van der Waals surface area contributed by atoms with Gasteiger partial charge in [0, 0.05) is 17.5 Å². The molecule has 0 spiro atoms. The zero-order chi connectivity index (χ0) is 24.1. The van der Waals surface area contributed by atoms with Gasteiger partial charge in [-0.2, -0.15) is 0 Å². The number of carbonyl (C=O) groups is 2. The van der Waals surface area contributed by atoms with E-state index in [0.29, 0.717) is 11.3 Å². The van der Waals surface area contributed by atoms with Crippen LogP contribution >= 0.6 is 0 Å². The SMILES string of the molecule is C[C@H](Oc1ccc2c(-c3ccccc3)cc(=O)oc2c1)C(=O)N[C@@H](Cc1ccccc1)C(=O)[O-]. The van der Waals surface area contributed by atoms with Crippen molar-refractivity contribution in [3.05, 3.63) is 101 Å². The number of aliphatic carboxylic acids is 1. The Morgan fingerprint density at radius 1 is 0.971 bits per heavy atom. The van der Waals surface area contributed by atoms with Crippen molar-refractivity contribution in [2.45, 2.75) is 25.5 Å². The van der Waals surface area contributed by atoms with Crippen LogP contribution < -0.4 is 20.8 Å². The number of carboxylic acid groups (broad SMARTS) is 1. The molecule has 4 rings (SSSR count). The van der Waals surface area contributed by atoms with Crippen LogP contribution in [0, 0.1) is 0 Å². The van der Waals surface area contributed by atoms with E-state index in [1.54, 1.807) is 36.4 Å². The van der Waals surface area contributed by atoms with Gasteiger partial charge in [0.2, 0.25) is 0 Å². The minimum Gasteiger partial charge on any atom is -0.548 e. The molecular formula is C27H22NO6-. The Morgan fingerprint density at radius 2 is 1.65 bits per heavy atom. The van der Waals surface area contributed by atoms with Crippen LogP contribution in [0.25, 0.3) is 22.1 Å². The predicted octanol–water partition coefficient (Wildman–Crippen LogP) is 2.70. The molecule has 172 valence electrons. The number of carboxylic acids is 1. The van der Waals surface area contributed by atoms with Gasteiger partial charge >= 0.3 is 5.63 Å². The molecule has 1 heterocycles. The summed E-state index contributed by atoms with van der Waals surface area (Å²) in [5.74, 6) is -1.69. The summed E-state index contributed by atoms with van der Waals surface area (Å²) in [6.07, 6.45) is -0.913. The van der Waals surface area contributed by atoms with E-state index < -0.39 is 29.6 Å². The molecule has 1 N–H and O–H groups in total. The van der Waals surface area contributed by atoms with Crippen molar-refractivity contribution in [1.29, 1.82) is 0 Å². The van der Waals surface area contributed by atoms with E-state index in [0.717, 1.165) is 22.1 Å². The normalized spacial score (nSPS) is 12.6. The maximum absolute atomic E-state index is 12.6. The van der Waals surface area contributed by atoms with Gasteiger partial charge in [-0.1, -0.05) is 60.7 Å². The van der Waals surface area contributed by atoms with Crippen LogP contribution in [0.2, 0.25) is 0 Å². The van der Waals surface area contributed by atoms with Gasteiger partial charge in [0.25, 0.3) is 5.91 Å². The van der Waals surface area contributed by atoms with Crippen molar-refractivity contribution in [2.75, 3.05) is 0 Å². The van der Waals surface area contributed by atoms with E-state index >= 15 is 0 Å². The second kappa shape index (κ2) is 10.0. The van der Waals surface area contributed by atoms with Gasteiger partial charge in [0.1, 0.15) is 11.3 Å². The van der Waals surface area contributed by atoms with E-state index in [4.69, 9.17) is 9.15 Å². The molecule has 0 unspecified atom stereocenters. The Morgan fingerprint density at radius 3 is 2.32 bits per heavy atom. The van der Waals surface area contributed by atoms with Crippen molar-refractivity contribution in [3.8, 4) is 16.9 Å². The molecule has 7 nitrogen and oxygen atoms in total. The molecule has 0 fully saturated rings. The summed E-state index contributed by atoms with van der Waals surface area (Å²) in [5, 5.41) is 14.7. The van der Waals surface area contributed by atoms with Crippen molar-refractivity contribution in [3.63, 3.8) is 0 Å². The van der Waals surface area contributed by atoms with E-state index in [1.807, 2.05) is 36.4 Å². The topological polar surface area (TPSA) is 109 Å². The summed E-state index contributed by atoms with van der Waals surface area (Å²) in [6.45, 7) is 1.50. The molecule has 0 saturated carbocycles. The highest BCUT2D eigenvalue weighted by Gasteiger charge is 2.21. The van der Waals surface area contributed by atoms with E-state index in [2.05, 4.69) is 5.32 Å². The van der Waals surface area contributed by atoms with Crippen LogP contribution in [0.4, 0.5) is 0 Å². The second-order valence-corrected chi connectivity index (χ2v) is 7.83. The Balaban J connectivity index is 1.51. The Bertz CT molecular complexity index is 1360. The molecule has 0 aliphatic heterocycles. The van der Waals surface area contributed by atoms with Gasteiger partial charge in [-0.15, -0.1) is 0 Å². The molecule has 0 aliphatic carbocycles. The van der Waals surface area contributed by atoms with Crippen molar-refractivity contribution in [2.24, 2.45) is 0 Å². The van der Waals surface area contributed by atoms with Crippen LogP contribution in [-0.4, -0.2) is 24.0 Å². The average Bonchev–Trinajstić information content (AvgIpc) is 2.84. The van der Waals surface area contributed by atoms with Crippen LogP contribution in [0.5, 0.6) is 5.75 Å². The molecule has 0 saturated heterocycles. The van der Waals surface area contributed by atoms with E-state index in [1.165, 1.54) is 19.1 Å². The summed E-state index contributed by atoms with van der Waals surface area (Å²) in [7, 11) is 0. The molecule has 34 heavy (non-hydrogen) atoms. The summed E-state index contributed by atoms with van der Waals surface area (Å²) in [4.78, 5) is 36.3. The van der Waals surface area contributed by atoms with Crippen LogP contribution in [0.3, 0.4) is 0 Å². The summed E-state index contributed by atoms with van der Waals surface area (Å²) in [5.41, 5.74) is 2.15. The van der Waals surface area contributed by atoms with Crippen molar-refractivity contribution < 1.29 is 23.8 Å². The minimum atomic E-state index is -1.38. The van der Waals surface area contributed by atoms with E-state index in [9.17, 15) is 19.5 Å². The van der Waals surface area contributed by atoms with Gasteiger partial charge in [0.15, 0.2) is 6.10 Å². The minimum absolute atomic E-state index is 0.0883. The zero-order valence-electron chi connectivity index (χ0n) is 18.4. The number of amides is 1. The van der Waals surface area contributed by atoms with Gasteiger partial charge in [-0.05, 0) is 42.2 Å². The molecule has 7 heteroatoms. The van der Waals surface area contributed by atoms with Crippen LogP contribution in [-0.2, 0) is 16.0 Å². The van der Waals surface area contributed by atoms with Crippen LogP contribution in [0.1, 0.15) is 12.5 Å². The lowest BCUT2D eigenvalue weighted by Crippen LogP contribution is -2.52. The van der Waals surface area contributed by atoms with Gasteiger partial charge in [-0.25, -0.2) is 4.79 Å². The smallest absolute Gasteiger partial charge is 0.336 e. The first-order valence-electron chi connectivity index (χ1n) is 10.8. The van der Waals surface area contributed by atoms with Gasteiger partial charge in [-0.3, -0.25) is 4.79 Å². The molecule has 0 bridgehead atoms. The quantitative estimate of drug-likeness (QED) is 0.409. The lowest BCUT2D eigenvalue weighted by Gasteiger charge is -2.22. The number of carbonyl (C=O) groups excluding carboxylic acids is 2. The highest BCUT2D eigenvalue weighted by molar-refractivity contribution is 5.94. The molecule has 4 aromatic rings. The first-order valence-corrected chi connectivity index (χ1v) is 10.8. The maximum atomic E-state index is 12.6. The van der Waals surface area contributed by atoms with Crippen molar-refractivity contribution in [1.82, 2.24) is 5.32 Å². The highest BCUT2D eigenvalue weighted by Crippen LogP contribution is 2.29. The number of ether oxygens (including phenoxy) is 1. The third kappa shape index (κ3) is 5.32. The largest absolute Gasteiger partial charge is 0.548 e. The average molecular weight is 456 g/mol. The fourth-order valence-corrected chi connectivity index (χ4v) is 3.66. The summed E-state index contributed by atoms with van der Waals surface area (Å²) >= 11 is 0. The molecular weight excluding hydrogens is 434 g/mol. The monoisotopic (exact) mass is 456 g/mol. The number of nitrogens with one attached hydrogen (secondary N) is 1. The second-order valence-electron chi connectivity index (χ2n) is 7.83. The Labute approximate surface area is 195 Å². The number of hydrogen-bond donors (Lipinski definition) is 1. The lowest BCUT2D eigenvalue weighted by molar-refractivity contribution is -0.308. The Hall–Kier alpha value is -4.39. The fourth-order valence-electron chi connectivity index (χ4n) is 3.66. The number of fused-ring (bicyclic) bond motifs is 1. The summed E-state index contributed by atoms with van der Waals surface area (Å²) < 4.78 is 11.1. The third-order valence-corrected chi connectivity index (χ3v) is 5.37. The first kappa shape index (κ1) is 22.8. The number of hydrogen-bond acceptors (Lipinski definition) is 6. The third-order valence-electron chi connectivity index (χ3n) is 5.37. The molecule has 3 aromatic carbocycles. The lowest BCUT2D eigenvalue weighted by atomic mass is 10.0. The molecule has 1 aromatic heterocycles. The van der Waals surface area contributed by atoms with Gasteiger partial charge in [0.05, 0.1) is 12.0 Å². The predicted molar refractivity (Wildman–Crippen MR) is 125 cm³/mol. The van der Waals surface area contributed by atoms with Crippen molar-refractivity contribution >= 4 is 22.8 Å². The molecule has 0 radical (unpaired) electrons. The standard InChI is InChI=1S/C27H23NO6/c1-17(26(30)28-23(27(31)32)14-18-8-4-2-5-9-18)33-20-12-13-21-22(19-10-6-3-7-11-19)16-25(29)34-24(21)15-20/h2-13,15-17,23H,14H2,1H3,(H,28,30)(H,31,32)/p-1/t17-,23-/m0/s1.